The molecular weight excluding hydrogens is 453 g/mol. The number of ether oxygens (including phenoxy) is 2. The smallest absolute Gasteiger partial charge is 0.430 e. The van der Waals surface area contributed by atoms with Gasteiger partial charge in [-0.15, -0.1) is 0 Å². The van der Waals surface area contributed by atoms with Crippen molar-refractivity contribution in [3.63, 3.8) is 0 Å². The van der Waals surface area contributed by atoms with E-state index in [-0.39, 0.29) is 0 Å². The van der Waals surface area contributed by atoms with Crippen LogP contribution < -0.4 is 14.6 Å². The van der Waals surface area contributed by atoms with Crippen LogP contribution in [0.15, 0.2) is 77.7 Å². The molecule has 4 aromatic rings. The van der Waals surface area contributed by atoms with E-state index in [4.69, 9.17) is 23.8 Å². The fourth-order valence-corrected chi connectivity index (χ4v) is 3.18. The molecule has 0 aliphatic carbocycles. The molecule has 0 bridgehead atoms. The molecule has 34 heavy (non-hydrogen) atoms. The summed E-state index contributed by atoms with van der Waals surface area (Å²) in [7, 11) is 3.34. The number of rotatable bonds is 6. The Morgan fingerprint density at radius 2 is 1.79 bits per heavy atom. The Morgan fingerprint density at radius 3 is 2.41 bits per heavy atom. The minimum Gasteiger partial charge on any atom is -0.542 e. The highest BCUT2D eigenvalue weighted by Gasteiger charge is 2.28. The molecule has 0 unspecified atom stereocenters. The molecule has 0 spiro atoms. The van der Waals surface area contributed by atoms with Crippen molar-refractivity contribution >= 4 is 5.97 Å². The van der Waals surface area contributed by atoms with Gasteiger partial charge >= 0.3 is 6.18 Å². The molecule has 2 aromatic heterocycles. The van der Waals surface area contributed by atoms with Crippen LogP contribution in [-0.4, -0.2) is 35.9 Å². The normalized spacial score (nSPS) is 10.9. The van der Waals surface area contributed by atoms with Crippen LogP contribution in [0.25, 0.3) is 22.7 Å². The van der Waals surface area contributed by atoms with Crippen molar-refractivity contribution in [2.45, 2.75) is 12.7 Å². The summed E-state index contributed by atoms with van der Waals surface area (Å²) in [5, 5.41) is 8.78. The van der Waals surface area contributed by atoms with E-state index >= 15 is 0 Å². The lowest BCUT2D eigenvalue weighted by molar-refractivity contribution is -0.344. The first kappa shape index (κ1) is 24.4. The zero-order chi connectivity index (χ0) is 24.7. The third kappa shape index (κ3) is 5.77. The summed E-state index contributed by atoms with van der Waals surface area (Å²) in [4.78, 5) is 13.5. The molecule has 0 fully saturated rings. The van der Waals surface area contributed by atoms with E-state index in [1.54, 1.807) is 20.5 Å². The Bertz CT molecular complexity index is 1230. The van der Waals surface area contributed by atoms with Gasteiger partial charge in [0.25, 0.3) is 0 Å². The zero-order valence-electron chi connectivity index (χ0n) is 18.2. The standard InChI is InChI=1S/C22H20N2O3.C2HF3O2/c1-25-17-8-5-7-16(13-17)14-24-15-23-21(22(24)20-11-6-12-27-20)18-9-3-4-10-19(18)26-2;3-2(4,5)1(6)7/h3-13,15H,14H2,1-2H3;(H,6,7)/p-1. The second-order valence-corrected chi connectivity index (χ2v) is 6.88. The van der Waals surface area contributed by atoms with Gasteiger partial charge < -0.3 is 28.4 Å². The first-order valence-corrected chi connectivity index (χ1v) is 9.88. The molecule has 4 rings (SSSR count). The second-order valence-electron chi connectivity index (χ2n) is 6.88. The highest BCUT2D eigenvalue weighted by molar-refractivity contribution is 5.79. The Hall–Kier alpha value is -4.21. The van der Waals surface area contributed by atoms with Gasteiger partial charge in [-0.2, -0.15) is 13.2 Å². The Balaban J connectivity index is 0.000000406. The maximum absolute atomic E-state index is 10.5. The van der Waals surface area contributed by atoms with E-state index in [1.165, 1.54) is 0 Å². The summed E-state index contributed by atoms with van der Waals surface area (Å²) >= 11 is 0. The lowest BCUT2D eigenvalue weighted by Gasteiger charge is -2.11. The minimum atomic E-state index is -5.19. The molecule has 0 saturated carbocycles. The van der Waals surface area contributed by atoms with Crippen LogP contribution in [0.5, 0.6) is 11.5 Å². The van der Waals surface area contributed by atoms with Crippen molar-refractivity contribution in [3.8, 4) is 34.2 Å². The Kier molecular flexibility index (Phi) is 7.62. The van der Waals surface area contributed by atoms with E-state index in [2.05, 4.69) is 15.6 Å². The maximum Gasteiger partial charge on any atom is 0.430 e. The van der Waals surface area contributed by atoms with Crippen LogP contribution in [0.2, 0.25) is 0 Å². The predicted molar refractivity (Wildman–Crippen MR) is 115 cm³/mol. The number of nitrogens with zero attached hydrogens (tertiary/aromatic N) is 2. The SMILES string of the molecule is COc1cccc(Cn2cnc(-c3ccccc3OC)c2-c2ccco2)c1.O=C([O-])C(F)(F)F. The number of methoxy groups -OCH3 is 2. The van der Waals surface area contributed by atoms with Crippen LogP contribution >= 0.6 is 0 Å². The van der Waals surface area contributed by atoms with Crippen molar-refractivity contribution in [1.29, 1.82) is 0 Å². The summed E-state index contributed by atoms with van der Waals surface area (Å²) < 4.78 is 50.2. The number of hydrogen-bond donors (Lipinski definition) is 0. The van der Waals surface area contributed by atoms with E-state index in [0.717, 1.165) is 39.8 Å². The van der Waals surface area contributed by atoms with Crippen LogP contribution in [0.4, 0.5) is 13.2 Å². The molecule has 2 heterocycles. The van der Waals surface area contributed by atoms with Crippen molar-refractivity contribution in [2.24, 2.45) is 0 Å². The average Bonchev–Trinajstić information content (AvgIpc) is 3.49. The average molecular weight is 473 g/mol. The molecule has 7 nitrogen and oxygen atoms in total. The van der Waals surface area contributed by atoms with Gasteiger partial charge in [0.2, 0.25) is 0 Å². The third-order valence-electron chi connectivity index (χ3n) is 4.67. The third-order valence-corrected chi connectivity index (χ3v) is 4.67. The van der Waals surface area contributed by atoms with Gasteiger partial charge in [-0.1, -0.05) is 24.3 Å². The summed E-state index contributed by atoms with van der Waals surface area (Å²) in [6, 6.07) is 19.7. The van der Waals surface area contributed by atoms with Crippen LogP contribution in [0.1, 0.15) is 5.56 Å². The largest absolute Gasteiger partial charge is 0.542 e. The summed E-state index contributed by atoms with van der Waals surface area (Å²) in [5.41, 5.74) is 3.78. The summed E-state index contributed by atoms with van der Waals surface area (Å²) in [6.07, 6.45) is -1.69. The van der Waals surface area contributed by atoms with Crippen molar-refractivity contribution < 1.29 is 37.0 Å². The molecule has 178 valence electrons. The lowest BCUT2D eigenvalue weighted by Crippen LogP contribution is -2.37. The maximum atomic E-state index is 10.5. The number of aromatic nitrogens is 2. The molecule has 0 saturated heterocycles. The fraction of sp³-hybridized carbons (Fsp3) is 0.167. The molecule has 0 aliphatic rings. The number of furan rings is 1. The number of alkyl halides is 3. The fourth-order valence-electron chi connectivity index (χ4n) is 3.18. The lowest BCUT2D eigenvalue weighted by atomic mass is 10.1. The number of carboxylic acid groups (broad SMARTS) is 1. The van der Waals surface area contributed by atoms with Crippen molar-refractivity contribution in [1.82, 2.24) is 9.55 Å². The van der Waals surface area contributed by atoms with Gasteiger partial charge in [0, 0.05) is 12.1 Å². The van der Waals surface area contributed by atoms with E-state index in [1.807, 2.05) is 60.9 Å². The molecule has 10 heteroatoms. The number of aliphatic carboxylic acids is 1. The Morgan fingerprint density at radius 1 is 1.06 bits per heavy atom. The molecule has 0 N–H and O–H groups in total. The highest BCUT2D eigenvalue weighted by Crippen LogP contribution is 2.36. The van der Waals surface area contributed by atoms with Gasteiger partial charge in [0.1, 0.15) is 28.9 Å². The molecule has 0 aliphatic heterocycles. The minimum absolute atomic E-state index is 0.648. The first-order valence-electron chi connectivity index (χ1n) is 9.88. The molecule has 0 atom stereocenters. The number of hydrogen-bond acceptors (Lipinski definition) is 6. The number of carbonyl (C=O) groups excluding carboxylic acids is 1. The van der Waals surface area contributed by atoms with Gasteiger partial charge in [0.15, 0.2) is 5.76 Å². The quantitative estimate of drug-likeness (QED) is 0.418. The zero-order valence-corrected chi connectivity index (χ0v) is 18.2. The molecular formula is C24H20F3N2O5-. The van der Waals surface area contributed by atoms with Crippen molar-refractivity contribution in [3.05, 3.63) is 78.8 Å². The summed E-state index contributed by atoms with van der Waals surface area (Å²) in [6.45, 7) is 0.648. The van der Waals surface area contributed by atoms with Crippen molar-refractivity contribution in [2.75, 3.05) is 14.2 Å². The van der Waals surface area contributed by atoms with Gasteiger partial charge in [-0.05, 0) is 42.0 Å². The number of carboxylic acids is 1. The molecule has 0 amide bonds. The first-order chi connectivity index (χ1) is 16.2. The number of halogens is 3. The van der Waals surface area contributed by atoms with Gasteiger partial charge in [-0.25, -0.2) is 4.98 Å². The number of carbonyl (C=O) groups is 1. The van der Waals surface area contributed by atoms with Crippen LogP contribution in [-0.2, 0) is 11.3 Å². The van der Waals surface area contributed by atoms with E-state index in [0.29, 0.717) is 6.54 Å². The number of benzene rings is 2. The molecule has 0 radical (unpaired) electrons. The van der Waals surface area contributed by atoms with Crippen LogP contribution in [0.3, 0.4) is 0 Å². The van der Waals surface area contributed by atoms with E-state index in [9.17, 15) is 13.2 Å². The second kappa shape index (κ2) is 10.6. The van der Waals surface area contributed by atoms with Crippen LogP contribution in [0, 0.1) is 0 Å². The van der Waals surface area contributed by atoms with Gasteiger partial charge in [-0.3, -0.25) is 0 Å². The Labute approximate surface area is 193 Å². The monoisotopic (exact) mass is 473 g/mol. The topological polar surface area (TPSA) is 89.6 Å². The highest BCUT2D eigenvalue weighted by atomic mass is 19.4. The number of para-hydroxylation sites is 1. The number of imidazole rings is 1. The predicted octanol–water partition coefficient (Wildman–Crippen LogP) is 4.17. The van der Waals surface area contributed by atoms with Gasteiger partial charge in [0.05, 0.1) is 26.8 Å². The van der Waals surface area contributed by atoms with E-state index < -0.39 is 12.1 Å². The summed E-state index contributed by atoms with van der Waals surface area (Å²) in [5.74, 6) is -0.641. The molecule has 2 aromatic carbocycles.